The second kappa shape index (κ2) is 12.8. The van der Waals surface area contributed by atoms with Crippen LogP contribution in [0.5, 0.6) is 5.75 Å². The molecule has 0 bridgehead atoms. The molecule has 1 aliphatic carbocycles. The van der Waals surface area contributed by atoms with Crippen molar-refractivity contribution in [2.75, 3.05) is 47.1 Å². The zero-order valence-corrected chi connectivity index (χ0v) is 25.5. The van der Waals surface area contributed by atoms with Crippen molar-refractivity contribution in [2.24, 2.45) is 11.3 Å². The molecule has 45 heavy (non-hydrogen) atoms. The van der Waals surface area contributed by atoms with Gasteiger partial charge >= 0.3 is 12.3 Å². The molecular weight excluding hydrogens is 593 g/mol. The first-order valence-corrected chi connectivity index (χ1v) is 15.3. The quantitative estimate of drug-likeness (QED) is 0.492. The Morgan fingerprint density at radius 1 is 1.20 bits per heavy atom. The summed E-state index contributed by atoms with van der Waals surface area (Å²) in [5.74, 6) is 0.371. The summed E-state index contributed by atoms with van der Waals surface area (Å²) < 4.78 is 62.5. The third-order valence-electron chi connectivity index (χ3n) is 9.77. The molecule has 2 aromatic rings. The molecule has 3 aliphatic heterocycles. The first-order valence-electron chi connectivity index (χ1n) is 15.3. The second-order valence-corrected chi connectivity index (χ2v) is 12.5. The molecule has 5 atom stereocenters. The highest BCUT2D eigenvalue weighted by Crippen LogP contribution is 2.51. The maximum absolute atomic E-state index is 14.5. The Morgan fingerprint density at radius 2 is 2.04 bits per heavy atom. The van der Waals surface area contributed by atoms with Gasteiger partial charge in [-0.15, -0.1) is 0 Å². The van der Waals surface area contributed by atoms with E-state index in [-0.39, 0.29) is 49.7 Å². The van der Waals surface area contributed by atoms with Crippen LogP contribution < -0.4 is 10.1 Å². The summed E-state index contributed by atoms with van der Waals surface area (Å²) in [6.07, 6.45) is -1.97. The molecule has 3 fully saturated rings. The van der Waals surface area contributed by atoms with Crippen molar-refractivity contribution in [1.82, 2.24) is 20.1 Å². The molecule has 6 rings (SSSR count). The zero-order valence-electron chi connectivity index (χ0n) is 25.5. The smallest absolute Gasteiger partial charge is 0.417 e. The number of amides is 2. The molecule has 244 valence electrons. The lowest BCUT2D eigenvalue weighted by Crippen LogP contribution is -2.52. The highest BCUT2D eigenvalue weighted by molar-refractivity contribution is 5.86. The van der Waals surface area contributed by atoms with Gasteiger partial charge in [-0.1, -0.05) is 12.1 Å². The van der Waals surface area contributed by atoms with Crippen LogP contribution in [0.4, 0.5) is 18.0 Å². The normalized spacial score (nSPS) is 28.0. The van der Waals surface area contributed by atoms with E-state index in [9.17, 15) is 22.8 Å². The lowest BCUT2D eigenvalue weighted by molar-refractivity contribution is -0.143. The Balaban J connectivity index is 1.20. The van der Waals surface area contributed by atoms with Crippen LogP contribution in [0.2, 0.25) is 0 Å². The van der Waals surface area contributed by atoms with Crippen molar-refractivity contribution in [3.8, 4) is 5.75 Å². The SMILES string of the molecule is COc1cccc(COC(=O)N2CC3CC(NC4CCOCC4OC)CC3(C(=O)N3CCc4ncc(C(F)(F)F)cc4C3)C2)c1. The number of likely N-dealkylation sites (tertiary alicyclic amines) is 1. The van der Waals surface area contributed by atoms with Crippen LogP contribution in [0.3, 0.4) is 0 Å². The van der Waals surface area contributed by atoms with Crippen LogP contribution in [0.1, 0.15) is 41.6 Å². The van der Waals surface area contributed by atoms with Gasteiger partial charge in [0.15, 0.2) is 0 Å². The van der Waals surface area contributed by atoms with Crippen LogP contribution in [-0.2, 0) is 44.8 Å². The molecule has 5 unspecified atom stereocenters. The summed E-state index contributed by atoms with van der Waals surface area (Å²) in [5.41, 5.74) is 0.0355. The van der Waals surface area contributed by atoms with E-state index in [0.717, 1.165) is 24.2 Å². The Morgan fingerprint density at radius 3 is 2.82 bits per heavy atom. The molecule has 1 aromatic heterocycles. The minimum Gasteiger partial charge on any atom is -0.497 e. The van der Waals surface area contributed by atoms with Gasteiger partial charge in [0.2, 0.25) is 5.91 Å². The summed E-state index contributed by atoms with van der Waals surface area (Å²) in [7, 11) is 3.22. The van der Waals surface area contributed by atoms with E-state index in [1.165, 1.54) is 0 Å². The Kier molecular flexibility index (Phi) is 8.95. The molecule has 4 aliphatic rings. The van der Waals surface area contributed by atoms with Crippen molar-refractivity contribution < 1.29 is 41.7 Å². The minimum absolute atomic E-state index is 0.00484. The van der Waals surface area contributed by atoms with Crippen molar-refractivity contribution in [3.05, 3.63) is 58.9 Å². The molecule has 1 N–H and O–H groups in total. The van der Waals surface area contributed by atoms with Gasteiger partial charge in [0.05, 0.1) is 30.8 Å². The van der Waals surface area contributed by atoms with Gasteiger partial charge in [-0.25, -0.2) is 4.79 Å². The van der Waals surface area contributed by atoms with Gasteiger partial charge in [0, 0.05) is 70.3 Å². The standard InChI is InChI=1S/C32H39F3N4O6/c1-42-25-5-3-4-20(10-25)17-45-30(41)39-16-23-12-24(37-27-7-9-44-18-28(27)43-2)13-31(23,19-39)29(40)38-8-6-26-21(15-38)11-22(14-36-26)32(33,34)35/h3-5,10-11,14,23-24,27-28,37H,6-9,12-13,15-19H2,1-2H3. The van der Waals surface area contributed by atoms with Crippen molar-refractivity contribution >= 4 is 12.0 Å². The highest BCUT2D eigenvalue weighted by Gasteiger charge is 2.60. The Hall–Kier alpha value is -3.42. The van der Waals surface area contributed by atoms with E-state index in [0.29, 0.717) is 62.6 Å². The van der Waals surface area contributed by atoms with Crippen LogP contribution in [0.15, 0.2) is 36.5 Å². The molecule has 0 spiro atoms. The minimum atomic E-state index is -4.52. The van der Waals surface area contributed by atoms with Crippen LogP contribution in [0.25, 0.3) is 0 Å². The van der Waals surface area contributed by atoms with Crippen LogP contribution in [0, 0.1) is 11.3 Å². The molecule has 4 heterocycles. The van der Waals surface area contributed by atoms with Gasteiger partial charge in [0.25, 0.3) is 0 Å². The largest absolute Gasteiger partial charge is 0.497 e. The number of rotatable bonds is 7. The number of hydrogen-bond acceptors (Lipinski definition) is 8. The van der Waals surface area contributed by atoms with Gasteiger partial charge < -0.3 is 34.1 Å². The summed E-state index contributed by atoms with van der Waals surface area (Å²) in [4.78, 5) is 35.1. The van der Waals surface area contributed by atoms with Crippen molar-refractivity contribution in [3.63, 3.8) is 0 Å². The van der Waals surface area contributed by atoms with Crippen molar-refractivity contribution in [2.45, 2.75) is 63.2 Å². The number of aromatic nitrogens is 1. The molecule has 1 aromatic carbocycles. The van der Waals surface area contributed by atoms with E-state index >= 15 is 0 Å². The molecule has 13 heteroatoms. The number of nitrogens with one attached hydrogen (secondary N) is 1. The lowest BCUT2D eigenvalue weighted by atomic mass is 9.78. The van der Waals surface area contributed by atoms with Gasteiger partial charge in [-0.3, -0.25) is 9.78 Å². The maximum Gasteiger partial charge on any atom is 0.417 e. The third kappa shape index (κ3) is 6.48. The summed E-state index contributed by atoms with van der Waals surface area (Å²) in [6, 6.07) is 8.43. The number of carbonyl (C=O) groups is 2. The average Bonchev–Trinajstić information content (AvgIpc) is 3.57. The van der Waals surface area contributed by atoms with Crippen LogP contribution in [-0.4, -0.2) is 92.0 Å². The summed E-state index contributed by atoms with van der Waals surface area (Å²) >= 11 is 0. The van der Waals surface area contributed by atoms with E-state index in [1.54, 1.807) is 36.2 Å². The topological polar surface area (TPSA) is 102 Å². The van der Waals surface area contributed by atoms with Crippen LogP contribution >= 0.6 is 0 Å². The molecule has 2 amide bonds. The predicted molar refractivity (Wildman–Crippen MR) is 155 cm³/mol. The number of methoxy groups -OCH3 is 2. The summed E-state index contributed by atoms with van der Waals surface area (Å²) in [6.45, 7) is 2.09. The number of alkyl halides is 3. The van der Waals surface area contributed by atoms with E-state index in [1.807, 2.05) is 12.1 Å². The molecular formula is C32H39F3N4O6. The third-order valence-corrected chi connectivity index (χ3v) is 9.77. The molecule has 0 radical (unpaired) electrons. The fourth-order valence-electron chi connectivity index (χ4n) is 7.47. The summed E-state index contributed by atoms with van der Waals surface area (Å²) in [5, 5.41) is 3.71. The van der Waals surface area contributed by atoms with E-state index in [2.05, 4.69) is 10.3 Å². The molecule has 1 saturated carbocycles. The van der Waals surface area contributed by atoms with E-state index < -0.39 is 23.2 Å². The second-order valence-electron chi connectivity index (χ2n) is 12.5. The predicted octanol–water partition coefficient (Wildman–Crippen LogP) is 3.80. The number of fused-ring (bicyclic) bond motifs is 2. The molecule has 2 saturated heterocycles. The zero-order chi connectivity index (χ0) is 31.8. The fraction of sp³-hybridized carbons (Fsp3) is 0.594. The number of nitrogens with zero attached hydrogens (tertiary/aromatic N) is 3. The van der Waals surface area contributed by atoms with Crippen molar-refractivity contribution in [1.29, 1.82) is 0 Å². The van der Waals surface area contributed by atoms with E-state index in [4.69, 9.17) is 18.9 Å². The van der Waals surface area contributed by atoms with Gasteiger partial charge in [-0.05, 0) is 54.5 Å². The average molecular weight is 633 g/mol. The number of hydrogen-bond donors (Lipinski definition) is 1. The number of halogens is 3. The number of ether oxygens (including phenoxy) is 4. The first kappa shape index (κ1) is 31.6. The number of carbonyl (C=O) groups excluding carboxylic acids is 2. The Bertz CT molecular complexity index is 1410. The highest BCUT2D eigenvalue weighted by atomic mass is 19.4. The molecule has 10 nitrogen and oxygen atoms in total. The number of pyridine rings is 1. The lowest BCUT2D eigenvalue weighted by Gasteiger charge is -2.37. The fourth-order valence-corrected chi connectivity index (χ4v) is 7.47. The Labute approximate surface area is 260 Å². The maximum atomic E-state index is 14.5. The van der Waals surface area contributed by atoms with Gasteiger partial charge in [0.1, 0.15) is 12.4 Å². The van der Waals surface area contributed by atoms with Gasteiger partial charge in [-0.2, -0.15) is 13.2 Å². The number of benzene rings is 1. The monoisotopic (exact) mass is 632 g/mol. The first-order chi connectivity index (χ1) is 21.6.